The summed E-state index contributed by atoms with van der Waals surface area (Å²) in [5.74, 6) is 0.284. The molecular formula is C22H22FN3O2. The molecule has 0 atom stereocenters. The van der Waals surface area contributed by atoms with Crippen molar-refractivity contribution in [3.8, 4) is 11.4 Å². The summed E-state index contributed by atoms with van der Waals surface area (Å²) in [5.41, 5.74) is 3.27. The van der Waals surface area contributed by atoms with Gasteiger partial charge in [0, 0.05) is 11.3 Å². The summed E-state index contributed by atoms with van der Waals surface area (Å²) >= 11 is 0. The number of nitrogens with zero attached hydrogens (tertiary/aromatic N) is 2. The van der Waals surface area contributed by atoms with Gasteiger partial charge in [0.15, 0.2) is 5.69 Å². The number of ether oxygens (including phenoxy) is 1. The molecule has 0 radical (unpaired) electrons. The van der Waals surface area contributed by atoms with Gasteiger partial charge in [0.25, 0.3) is 5.91 Å². The van der Waals surface area contributed by atoms with Crippen molar-refractivity contribution in [1.82, 2.24) is 15.1 Å². The van der Waals surface area contributed by atoms with Crippen LogP contribution in [0.25, 0.3) is 5.69 Å². The number of para-hydroxylation sites is 1. The van der Waals surface area contributed by atoms with Crippen LogP contribution in [0.15, 0.2) is 54.6 Å². The predicted molar refractivity (Wildman–Crippen MR) is 104 cm³/mol. The lowest BCUT2D eigenvalue weighted by Gasteiger charge is -2.14. The van der Waals surface area contributed by atoms with Crippen molar-refractivity contribution in [1.29, 1.82) is 0 Å². The van der Waals surface area contributed by atoms with Crippen LogP contribution in [0, 0.1) is 5.82 Å². The van der Waals surface area contributed by atoms with E-state index in [0.717, 1.165) is 48.4 Å². The summed E-state index contributed by atoms with van der Waals surface area (Å²) in [5, 5.41) is 7.46. The van der Waals surface area contributed by atoms with E-state index in [-0.39, 0.29) is 11.7 Å². The second-order valence-corrected chi connectivity index (χ2v) is 6.79. The van der Waals surface area contributed by atoms with Crippen LogP contribution in [-0.4, -0.2) is 28.8 Å². The minimum Gasteiger partial charge on any atom is -0.492 e. The van der Waals surface area contributed by atoms with Crippen LogP contribution in [0.3, 0.4) is 0 Å². The van der Waals surface area contributed by atoms with Gasteiger partial charge in [-0.05, 0) is 62.1 Å². The molecule has 28 heavy (non-hydrogen) atoms. The lowest BCUT2D eigenvalue weighted by atomic mass is 9.95. The van der Waals surface area contributed by atoms with Crippen molar-refractivity contribution < 1.29 is 13.9 Å². The van der Waals surface area contributed by atoms with Crippen LogP contribution >= 0.6 is 0 Å². The third kappa shape index (κ3) is 3.91. The largest absolute Gasteiger partial charge is 0.492 e. The van der Waals surface area contributed by atoms with Gasteiger partial charge in [-0.3, -0.25) is 4.79 Å². The summed E-state index contributed by atoms with van der Waals surface area (Å²) < 4.78 is 20.7. The number of fused-ring (bicyclic) bond motifs is 1. The van der Waals surface area contributed by atoms with Crippen molar-refractivity contribution in [3.05, 3.63) is 77.4 Å². The lowest BCUT2D eigenvalue weighted by Crippen LogP contribution is -2.29. The molecule has 1 heterocycles. The van der Waals surface area contributed by atoms with Crippen LogP contribution in [0.1, 0.15) is 34.6 Å². The number of carbonyl (C=O) groups is 1. The van der Waals surface area contributed by atoms with Gasteiger partial charge >= 0.3 is 0 Å². The van der Waals surface area contributed by atoms with Gasteiger partial charge in [-0.25, -0.2) is 9.07 Å². The fourth-order valence-corrected chi connectivity index (χ4v) is 3.51. The van der Waals surface area contributed by atoms with Crippen LogP contribution in [0.4, 0.5) is 4.39 Å². The van der Waals surface area contributed by atoms with Crippen molar-refractivity contribution in [2.24, 2.45) is 0 Å². The first-order valence-electron chi connectivity index (χ1n) is 9.55. The Bertz CT molecular complexity index is 952. The van der Waals surface area contributed by atoms with E-state index in [0.29, 0.717) is 18.8 Å². The van der Waals surface area contributed by atoms with Crippen LogP contribution in [0.5, 0.6) is 5.75 Å². The van der Waals surface area contributed by atoms with Crippen molar-refractivity contribution >= 4 is 5.91 Å². The zero-order valence-corrected chi connectivity index (χ0v) is 15.5. The number of hydrogen-bond donors (Lipinski definition) is 1. The molecular weight excluding hydrogens is 357 g/mol. The second-order valence-electron chi connectivity index (χ2n) is 6.79. The minimum absolute atomic E-state index is 0.198. The molecule has 1 aliphatic carbocycles. The Morgan fingerprint density at radius 2 is 1.82 bits per heavy atom. The highest BCUT2D eigenvalue weighted by atomic mass is 19.1. The Hall–Kier alpha value is -3.15. The monoisotopic (exact) mass is 379 g/mol. The zero-order valence-electron chi connectivity index (χ0n) is 15.5. The number of nitrogens with one attached hydrogen (secondary N) is 1. The maximum Gasteiger partial charge on any atom is 0.272 e. The molecule has 0 saturated heterocycles. The summed E-state index contributed by atoms with van der Waals surface area (Å²) in [6.07, 6.45) is 3.80. The molecule has 0 fully saturated rings. The summed E-state index contributed by atoms with van der Waals surface area (Å²) in [4.78, 5) is 12.7. The number of aromatic nitrogens is 2. The van der Waals surface area contributed by atoms with E-state index in [9.17, 15) is 9.18 Å². The molecule has 0 saturated carbocycles. The van der Waals surface area contributed by atoms with Gasteiger partial charge in [-0.1, -0.05) is 18.2 Å². The minimum atomic E-state index is -0.291. The lowest BCUT2D eigenvalue weighted by molar-refractivity contribution is 0.0940. The fraction of sp³-hybridized carbons (Fsp3) is 0.273. The molecule has 0 unspecified atom stereocenters. The molecule has 144 valence electrons. The van der Waals surface area contributed by atoms with E-state index in [1.54, 1.807) is 16.8 Å². The van der Waals surface area contributed by atoms with Gasteiger partial charge in [-0.2, -0.15) is 5.10 Å². The molecule has 1 N–H and O–H groups in total. The summed E-state index contributed by atoms with van der Waals surface area (Å²) in [6.45, 7) is 0.780. The molecule has 3 aromatic rings. The smallest absolute Gasteiger partial charge is 0.272 e. The maximum absolute atomic E-state index is 13.3. The molecule has 1 amide bonds. The standard InChI is InChI=1S/C22H22FN3O2/c23-16-10-12-17(13-11-16)26-20-9-5-4-8-19(20)21(25-26)22(27)24-14-15-28-18-6-2-1-3-7-18/h1-3,6-7,10-13H,4-5,8-9,14-15H2,(H,24,27). The highest BCUT2D eigenvalue weighted by Gasteiger charge is 2.25. The third-order valence-corrected chi connectivity index (χ3v) is 4.87. The molecule has 1 aromatic heterocycles. The quantitative estimate of drug-likeness (QED) is 0.665. The molecule has 6 heteroatoms. The normalized spacial score (nSPS) is 13.0. The van der Waals surface area contributed by atoms with Crippen molar-refractivity contribution in [2.75, 3.05) is 13.2 Å². The van der Waals surface area contributed by atoms with Crippen LogP contribution in [-0.2, 0) is 12.8 Å². The first-order valence-corrected chi connectivity index (χ1v) is 9.55. The summed E-state index contributed by atoms with van der Waals surface area (Å²) in [6, 6.07) is 15.7. The average Bonchev–Trinajstić information content (AvgIpc) is 3.12. The number of rotatable bonds is 6. The molecule has 0 bridgehead atoms. The van der Waals surface area contributed by atoms with Gasteiger partial charge in [-0.15, -0.1) is 0 Å². The Morgan fingerprint density at radius 1 is 1.07 bits per heavy atom. The van der Waals surface area contributed by atoms with E-state index in [4.69, 9.17) is 4.74 Å². The number of carbonyl (C=O) groups excluding carboxylic acids is 1. The molecule has 4 rings (SSSR count). The van der Waals surface area contributed by atoms with Gasteiger partial charge in [0.1, 0.15) is 18.2 Å². The third-order valence-electron chi connectivity index (χ3n) is 4.87. The van der Waals surface area contributed by atoms with E-state index in [1.165, 1.54) is 12.1 Å². The maximum atomic E-state index is 13.3. The topological polar surface area (TPSA) is 56.1 Å². The highest BCUT2D eigenvalue weighted by Crippen LogP contribution is 2.27. The molecule has 0 spiro atoms. The van der Waals surface area contributed by atoms with Crippen molar-refractivity contribution in [3.63, 3.8) is 0 Å². The summed E-state index contributed by atoms with van der Waals surface area (Å²) in [7, 11) is 0. The zero-order chi connectivity index (χ0) is 19.3. The number of halogens is 1. The number of benzene rings is 2. The van der Waals surface area contributed by atoms with Crippen molar-refractivity contribution in [2.45, 2.75) is 25.7 Å². The Kier molecular flexibility index (Phi) is 5.37. The van der Waals surface area contributed by atoms with Crippen LogP contribution in [0.2, 0.25) is 0 Å². The first-order chi connectivity index (χ1) is 13.7. The number of hydrogen-bond acceptors (Lipinski definition) is 3. The molecule has 1 aliphatic rings. The van der Waals surface area contributed by atoms with E-state index < -0.39 is 0 Å². The van der Waals surface area contributed by atoms with E-state index >= 15 is 0 Å². The predicted octanol–water partition coefficient (Wildman–Crippen LogP) is 3.70. The Morgan fingerprint density at radius 3 is 2.61 bits per heavy atom. The SMILES string of the molecule is O=C(NCCOc1ccccc1)c1nn(-c2ccc(F)cc2)c2c1CCCC2. The van der Waals surface area contributed by atoms with Crippen LogP contribution < -0.4 is 10.1 Å². The molecule has 5 nitrogen and oxygen atoms in total. The van der Waals surface area contributed by atoms with Gasteiger partial charge in [0.05, 0.1) is 12.2 Å². The Balaban J connectivity index is 1.47. The van der Waals surface area contributed by atoms with E-state index in [1.807, 2.05) is 30.3 Å². The van der Waals surface area contributed by atoms with Gasteiger partial charge in [0.2, 0.25) is 0 Å². The van der Waals surface area contributed by atoms with E-state index in [2.05, 4.69) is 10.4 Å². The van der Waals surface area contributed by atoms with Gasteiger partial charge < -0.3 is 10.1 Å². The Labute approximate surface area is 163 Å². The number of amides is 1. The first kappa shape index (κ1) is 18.2. The molecule has 0 aliphatic heterocycles. The fourth-order valence-electron chi connectivity index (χ4n) is 3.51. The average molecular weight is 379 g/mol. The highest BCUT2D eigenvalue weighted by molar-refractivity contribution is 5.94. The second kappa shape index (κ2) is 8.25. The molecule has 2 aromatic carbocycles.